The number of rotatable bonds is 5. The molecule has 0 saturated carbocycles. The van der Waals surface area contributed by atoms with Crippen molar-refractivity contribution in [1.82, 2.24) is 9.62 Å². The maximum Gasteiger partial charge on any atom is 0.224 e. The van der Waals surface area contributed by atoms with E-state index in [1.807, 2.05) is 44.2 Å². The van der Waals surface area contributed by atoms with Crippen molar-refractivity contribution >= 4 is 15.9 Å². The summed E-state index contributed by atoms with van der Waals surface area (Å²) in [4.78, 5) is 14.3. The van der Waals surface area contributed by atoms with Crippen molar-refractivity contribution in [3.63, 3.8) is 0 Å². The van der Waals surface area contributed by atoms with Crippen LogP contribution in [0.5, 0.6) is 0 Å². The second-order valence-corrected chi connectivity index (χ2v) is 8.28. The molecule has 7 heteroatoms. The van der Waals surface area contributed by atoms with Gasteiger partial charge in [-0.3, -0.25) is 4.79 Å². The Kier molecular flexibility index (Phi) is 5.44. The van der Waals surface area contributed by atoms with E-state index in [2.05, 4.69) is 4.72 Å². The van der Waals surface area contributed by atoms with E-state index in [4.69, 9.17) is 4.74 Å². The lowest BCUT2D eigenvalue weighted by Gasteiger charge is -2.45. The lowest BCUT2D eigenvalue weighted by molar-refractivity contribution is -0.154. The Morgan fingerprint density at radius 3 is 2.61 bits per heavy atom. The second-order valence-electron chi connectivity index (χ2n) is 6.44. The van der Waals surface area contributed by atoms with E-state index in [1.54, 1.807) is 4.90 Å². The Labute approximate surface area is 137 Å². The number of carbonyl (C=O) groups excluding carboxylic acids is 1. The van der Waals surface area contributed by atoms with Gasteiger partial charge in [0.2, 0.25) is 15.9 Å². The Balaban J connectivity index is 2.03. The summed E-state index contributed by atoms with van der Waals surface area (Å²) in [6.07, 6.45) is 1.07. The lowest BCUT2D eigenvalue weighted by Crippen LogP contribution is -2.56. The third-order valence-corrected chi connectivity index (χ3v) is 4.62. The molecule has 0 radical (unpaired) electrons. The molecule has 1 aromatic carbocycles. The average Bonchev–Trinajstić information content (AvgIpc) is 2.46. The van der Waals surface area contributed by atoms with Crippen LogP contribution in [0.2, 0.25) is 0 Å². The van der Waals surface area contributed by atoms with Crippen LogP contribution in [0.1, 0.15) is 31.9 Å². The predicted molar refractivity (Wildman–Crippen MR) is 88.4 cm³/mol. The summed E-state index contributed by atoms with van der Waals surface area (Å²) in [5.74, 6) is -0.0737. The molecule has 1 fully saturated rings. The molecule has 0 bridgehead atoms. The van der Waals surface area contributed by atoms with Gasteiger partial charge in [-0.15, -0.1) is 0 Å². The first-order chi connectivity index (χ1) is 10.7. The molecule has 1 aliphatic heterocycles. The second kappa shape index (κ2) is 6.98. The molecule has 1 saturated heterocycles. The number of nitrogens with one attached hydrogen (secondary N) is 1. The first-order valence-electron chi connectivity index (χ1n) is 7.61. The Morgan fingerprint density at radius 2 is 2.00 bits per heavy atom. The third kappa shape index (κ3) is 5.02. The molecule has 1 aliphatic rings. The third-order valence-electron chi connectivity index (χ3n) is 3.89. The van der Waals surface area contributed by atoms with Gasteiger partial charge in [-0.05, 0) is 19.4 Å². The van der Waals surface area contributed by atoms with Crippen LogP contribution in [0.4, 0.5) is 0 Å². The number of carbonyl (C=O) groups is 1. The van der Waals surface area contributed by atoms with Crippen molar-refractivity contribution in [3.8, 4) is 0 Å². The quantitative estimate of drug-likeness (QED) is 0.877. The zero-order chi connectivity index (χ0) is 17.1. The highest BCUT2D eigenvalue weighted by Gasteiger charge is 2.38. The number of hydrogen-bond acceptors (Lipinski definition) is 4. The fourth-order valence-corrected chi connectivity index (χ4v) is 3.11. The van der Waals surface area contributed by atoms with Gasteiger partial charge in [0.05, 0.1) is 24.9 Å². The molecule has 1 heterocycles. The summed E-state index contributed by atoms with van der Waals surface area (Å²) in [5, 5.41) is 0. The molecule has 0 aromatic heterocycles. The molecule has 1 atom stereocenters. The molecule has 2 rings (SSSR count). The van der Waals surface area contributed by atoms with Gasteiger partial charge in [-0.2, -0.15) is 0 Å². The van der Waals surface area contributed by atoms with E-state index < -0.39 is 15.6 Å². The van der Waals surface area contributed by atoms with Crippen LogP contribution >= 0.6 is 0 Å². The van der Waals surface area contributed by atoms with Crippen LogP contribution in [0.15, 0.2) is 30.3 Å². The molecule has 0 spiro atoms. The van der Waals surface area contributed by atoms with Gasteiger partial charge in [-0.25, -0.2) is 13.1 Å². The highest BCUT2D eigenvalue weighted by Crippen LogP contribution is 2.30. The first-order valence-corrected chi connectivity index (χ1v) is 9.50. The maximum atomic E-state index is 12.5. The van der Waals surface area contributed by atoms with Crippen molar-refractivity contribution < 1.29 is 17.9 Å². The Bertz CT molecular complexity index is 643. The van der Waals surface area contributed by atoms with Crippen LogP contribution in [-0.2, 0) is 19.6 Å². The van der Waals surface area contributed by atoms with Gasteiger partial charge in [-0.1, -0.05) is 30.3 Å². The van der Waals surface area contributed by atoms with Crippen LogP contribution < -0.4 is 4.72 Å². The Hall–Kier alpha value is -1.44. The zero-order valence-corrected chi connectivity index (χ0v) is 14.6. The molecule has 1 aromatic rings. The highest BCUT2D eigenvalue weighted by atomic mass is 32.2. The van der Waals surface area contributed by atoms with Gasteiger partial charge < -0.3 is 9.64 Å². The number of benzene rings is 1. The van der Waals surface area contributed by atoms with E-state index in [1.165, 1.54) is 0 Å². The number of nitrogens with zero attached hydrogens (tertiary/aromatic N) is 1. The molecular formula is C16H24N2O4S. The van der Waals surface area contributed by atoms with Crippen LogP contribution in [-0.4, -0.2) is 50.7 Å². The monoisotopic (exact) mass is 340 g/mol. The highest BCUT2D eigenvalue weighted by molar-refractivity contribution is 7.88. The van der Waals surface area contributed by atoms with Crippen molar-refractivity contribution in [1.29, 1.82) is 0 Å². The van der Waals surface area contributed by atoms with Crippen molar-refractivity contribution in [2.24, 2.45) is 0 Å². The Morgan fingerprint density at radius 1 is 1.35 bits per heavy atom. The molecule has 23 heavy (non-hydrogen) atoms. The summed E-state index contributed by atoms with van der Waals surface area (Å²) < 4.78 is 30.5. The molecule has 6 nitrogen and oxygen atoms in total. The number of amides is 1. The summed E-state index contributed by atoms with van der Waals surface area (Å²) in [6, 6.07) is 9.80. The summed E-state index contributed by atoms with van der Waals surface area (Å²) in [6.45, 7) is 4.93. The van der Waals surface area contributed by atoms with E-state index in [-0.39, 0.29) is 25.0 Å². The largest absolute Gasteiger partial charge is 0.369 e. The molecule has 128 valence electrons. The van der Waals surface area contributed by atoms with Crippen molar-refractivity contribution in [2.75, 3.05) is 26.0 Å². The number of hydrogen-bond donors (Lipinski definition) is 1. The van der Waals surface area contributed by atoms with E-state index >= 15 is 0 Å². The van der Waals surface area contributed by atoms with E-state index in [0.717, 1.165) is 11.8 Å². The van der Waals surface area contributed by atoms with Crippen LogP contribution in [0, 0.1) is 0 Å². The van der Waals surface area contributed by atoms with Gasteiger partial charge in [0.25, 0.3) is 0 Å². The first kappa shape index (κ1) is 17.9. The van der Waals surface area contributed by atoms with Gasteiger partial charge in [0.15, 0.2) is 0 Å². The fourth-order valence-electron chi connectivity index (χ4n) is 2.64. The van der Waals surface area contributed by atoms with Gasteiger partial charge in [0, 0.05) is 13.0 Å². The smallest absolute Gasteiger partial charge is 0.224 e. The van der Waals surface area contributed by atoms with Crippen LogP contribution in [0.3, 0.4) is 0 Å². The molecule has 1 amide bonds. The lowest BCUT2D eigenvalue weighted by atomic mass is 9.97. The minimum atomic E-state index is -3.28. The average molecular weight is 340 g/mol. The zero-order valence-electron chi connectivity index (χ0n) is 13.8. The summed E-state index contributed by atoms with van der Waals surface area (Å²) in [7, 11) is -3.28. The number of sulfonamides is 1. The van der Waals surface area contributed by atoms with E-state index in [0.29, 0.717) is 13.2 Å². The maximum absolute atomic E-state index is 12.5. The van der Waals surface area contributed by atoms with E-state index in [9.17, 15) is 13.2 Å². The topological polar surface area (TPSA) is 75.7 Å². The van der Waals surface area contributed by atoms with Gasteiger partial charge >= 0.3 is 0 Å². The van der Waals surface area contributed by atoms with Crippen molar-refractivity contribution in [2.45, 2.75) is 31.9 Å². The number of ether oxygens (including phenoxy) is 1. The summed E-state index contributed by atoms with van der Waals surface area (Å²) >= 11 is 0. The van der Waals surface area contributed by atoms with Gasteiger partial charge in [0.1, 0.15) is 6.10 Å². The normalized spacial score (nSPS) is 21.2. The molecule has 1 unspecified atom stereocenters. The van der Waals surface area contributed by atoms with Crippen LogP contribution in [0.25, 0.3) is 0 Å². The minimum absolute atomic E-state index is 0.0737. The fraction of sp³-hybridized carbons (Fsp3) is 0.562. The SMILES string of the molecule is CC1(C)COC(c2ccccc2)CN1C(=O)CCNS(C)(=O)=O. The molecule has 0 aliphatic carbocycles. The number of morpholine rings is 1. The summed E-state index contributed by atoms with van der Waals surface area (Å²) in [5.41, 5.74) is 0.628. The molecule has 1 N–H and O–H groups in total. The van der Waals surface area contributed by atoms with Crippen molar-refractivity contribution in [3.05, 3.63) is 35.9 Å². The molecular weight excluding hydrogens is 316 g/mol. The standard InChI is InChI=1S/C16H24N2O4S/c1-16(2)12-22-14(13-7-5-4-6-8-13)11-18(16)15(19)9-10-17-23(3,20)21/h4-8,14,17H,9-12H2,1-3H3. The minimum Gasteiger partial charge on any atom is -0.369 e. The predicted octanol–water partition coefficient (Wildman–Crippen LogP) is 1.30.